The fraction of sp³-hybridized carbons (Fsp3) is 0.525. The number of piperazine rings is 1. The second kappa shape index (κ2) is 14.5. The molecule has 2 aromatic carbocycles. The molecule has 302 valence electrons. The topological polar surface area (TPSA) is 152 Å². The Morgan fingerprint density at radius 2 is 1.72 bits per heavy atom. The van der Waals surface area contributed by atoms with E-state index in [1.807, 2.05) is 27.8 Å². The van der Waals surface area contributed by atoms with Crippen LogP contribution in [0.5, 0.6) is 6.01 Å². The van der Waals surface area contributed by atoms with Gasteiger partial charge in [-0.15, -0.1) is 11.3 Å². The molecule has 4 aliphatic heterocycles. The van der Waals surface area contributed by atoms with E-state index in [2.05, 4.69) is 26.2 Å². The van der Waals surface area contributed by atoms with Crippen LogP contribution < -0.4 is 15.0 Å². The van der Waals surface area contributed by atoms with E-state index in [4.69, 9.17) is 28.7 Å². The number of ether oxygens (including phenoxy) is 5. The highest BCUT2D eigenvalue weighted by Crippen LogP contribution is 2.50. The fourth-order valence-electron chi connectivity index (χ4n) is 8.07. The number of carbonyl (C=O) groups excluding carboxylic acids is 2. The number of rotatable bonds is 6. The lowest BCUT2D eigenvalue weighted by Crippen LogP contribution is -2.70. The maximum absolute atomic E-state index is 17.7. The van der Waals surface area contributed by atoms with E-state index >= 15 is 8.78 Å². The zero-order chi connectivity index (χ0) is 40.6. The third-order valence-electron chi connectivity index (χ3n) is 10.4. The number of morpholine rings is 1. The molecule has 3 fully saturated rings. The Labute approximate surface area is 332 Å². The number of amides is 2. The molecule has 1 N–H and O–H groups in total. The summed E-state index contributed by atoms with van der Waals surface area (Å²) in [6.07, 6.45) is -0.679. The summed E-state index contributed by atoms with van der Waals surface area (Å²) in [6.45, 7) is 13.4. The Morgan fingerprint density at radius 3 is 2.40 bits per heavy atom. The van der Waals surface area contributed by atoms with Gasteiger partial charge < -0.3 is 38.4 Å². The minimum Gasteiger partial charge on any atom is -0.461 e. The van der Waals surface area contributed by atoms with Crippen molar-refractivity contribution in [3.63, 3.8) is 0 Å². The number of benzene rings is 2. The first-order chi connectivity index (χ1) is 27.0. The molecule has 2 unspecified atom stereocenters. The molecule has 3 atom stereocenters. The molecule has 4 aromatic rings. The van der Waals surface area contributed by atoms with Crippen molar-refractivity contribution in [2.45, 2.75) is 90.6 Å². The third kappa shape index (κ3) is 7.39. The molecule has 2 aromatic heterocycles. The number of nitrogens with one attached hydrogen (secondary N) is 1. The summed E-state index contributed by atoms with van der Waals surface area (Å²) in [5, 5.41) is 13.8. The van der Waals surface area contributed by atoms with Crippen molar-refractivity contribution in [3.8, 4) is 23.2 Å². The van der Waals surface area contributed by atoms with Crippen molar-refractivity contribution in [2.24, 2.45) is 0 Å². The van der Waals surface area contributed by atoms with Crippen molar-refractivity contribution >= 4 is 55.3 Å². The number of fused-ring (bicyclic) bond motifs is 6. The van der Waals surface area contributed by atoms with Crippen molar-refractivity contribution < 1.29 is 42.1 Å². The molecule has 0 spiro atoms. The van der Waals surface area contributed by atoms with E-state index in [1.165, 1.54) is 12.1 Å². The summed E-state index contributed by atoms with van der Waals surface area (Å²) >= 11 is 1.06. The van der Waals surface area contributed by atoms with Crippen LogP contribution in [-0.2, 0) is 32.2 Å². The number of likely N-dealkylation sites (N-methyl/N-ethyl adjacent to an activating group) is 1. The van der Waals surface area contributed by atoms with Gasteiger partial charge in [-0.05, 0) is 78.3 Å². The van der Waals surface area contributed by atoms with Crippen LogP contribution in [0.3, 0.4) is 0 Å². The Morgan fingerprint density at radius 1 is 1.00 bits per heavy atom. The highest BCUT2D eigenvalue weighted by atomic mass is 32.1. The Hall–Kier alpha value is -4.89. The summed E-state index contributed by atoms with van der Waals surface area (Å²) in [5.41, 5.74) is -0.838. The number of anilines is 2. The number of halogens is 2. The average Bonchev–Trinajstić information content (AvgIpc) is 3.74. The van der Waals surface area contributed by atoms with Crippen molar-refractivity contribution in [1.29, 1.82) is 5.26 Å². The predicted molar refractivity (Wildman–Crippen MR) is 209 cm³/mol. The maximum atomic E-state index is 17.7. The summed E-state index contributed by atoms with van der Waals surface area (Å²) in [4.78, 5) is 41.3. The monoisotopic (exact) mass is 805 g/mol. The van der Waals surface area contributed by atoms with Gasteiger partial charge in [0.15, 0.2) is 5.82 Å². The molecule has 17 heteroatoms. The highest BCUT2D eigenvalue weighted by Gasteiger charge is 2.49. The second-order valence-electron chi connectivity index (χ2n) is 16.9. The van der Waals surface area contributed by atoms with Gasteiger partial charge in [0, 0.05) is 47.4 Å². The van der Waals surface area contributed by atoms with Gasteiger partial charge in [0.1, 0.15) is 52.1 Å². The summed E-state index contributed by atoms with van der Waals surface area (Å²) in [6, 6.07) is 4.45. The number of carbonyl (C=O) groups is 2. The molecule has 2 bridgehead atoms. The molecule has 2 amide bonds. The lowest BCUT2D eigenvalue weighted by molar-refractivity contribution is -0.0416. The quantitative estimate of drug-likeness (QED) is 0.215. The van der Waals surface area contributed by atoms with E-state index in [-0.39, 0.29) is 76.6 Å². The number of likely N-dealkylation sites (tertiary alicyclic amines) is 1. The number of hydrogen-bond acceptors (Lipinski definition) is 13. The number of thiophene rings is 1. The molecule has 0 saturated carbocycles. The van der Waals surface area contributed by atoms with Gasteiger partial charge in [-0.2, -0.15) is 15.2 Å². The second-order valence-corrected chi connectivity index (χ2v) is 18.0. The van der Waals surface area contributed by atoms with E-state index in [0.717, 1.165) is 24.3 Å². The van der Waals surface area contributed by atoms with Crippen LogP contribution in [0, 0.1) is 23.0 Å². The van der Waals surface area contributed by atoms with Gasteiger partial charge >= 0.3 is 18.2 Å². The molecule has 14 nitrogen and oxygen atoms in total. The number of piperidine rings is 1. The summed E-state index contributed by atoms with van der Waals surface area (Å²) in [7, 11) is 1.99. The Balaban J connectivity index is 1.27. The smallest absolute Gasteiger partial charge is 0.412 e. The molecular weight excluding hydrogens is 761 g/mol. The average molecular weight is 806 g/mol. The molecule has 57 heavy (non-hydrogen) atoms. The standard InChI is InChI=1S/C40H45F2N7O7S/c1-39(2,3)55-37(50)46-35-23(13-43)28-27(57-35)9-8-26(41)31(28)29-24-18-52-19-25(24)30-33(32(29)42)44-36(54-17-22-16-47(7)10-11-53-22)45-34(30)49-20-12-21(49)15-48(14-20)38(51)56-40(4,5)6/h8-9,20-22H,10-12,14-19H2,1-7H3,(H,46,50)/t20?,21?,22-/m1/s1. The summed E-state index contributed by atoms with van der Waals surface area (Å²) < 4.78 is 63.7. The number of aromatic nitrogens is 2. The maximum Gasteiger partial charge on any atom is 0.412 e. The number of hydrogen-bond donors (Lipinski definition) is 1. The SMILES string of the molecule is CN1CCO[C@@H](COc2nc(N3C4CC3CN(C(=O)OC(C)(C)C)C4)c3c4c(c(-c5c(F)ccc6sc(NC(=O)OC(C)(C)C)c(C#N)c56)c(F)c3n2)COC4)C1. The van der Waals surface area contributed by atoms with Gasteiger partial charge in [-0.3, -0.25) is 5.32 Å². The van der Waals surface area contributed by atoms with Gasteiger partial charge in [-0.1, -0.05) is 0 Å². The van der Waals surface area contributed by atoms with Crippen LogP contribution in [0.4, 0.5) is 29.2 Å². The number of nitrogens with zero attached hydrogens (tertiary/aromatic N) is 6. The van der Waals surface area contributed by atoms with Crippen LogP contribution in [-0.4, -0.2) is 108 Å². The van der Waals surface area contributed by atoms with Crippen LogP contribution >= 0.6 is 11.3 Å². The Kier molecular flexibility index (Phi) is 9.90. The minimum absolute atomic E-state index is 0.0321. The van der Waals surface area contributed by atoms with Gasteiger partial charge in [0.2, 0.25) is 0 Å². The minimum atomic E-state index is -0.833. The first kappa shape index (κ1) is 39.0. The molecule has 0 radical (unpaired) electrons. The van der Waals surface area contributed by atoms with Crippen LogP contribution in [0.1, 0.15) is 64.7 Å². The first-order valence-electron chi connectivity index (χ1n) is 19.0. The highest BCUT2D eigenvalue weighted by molar-refractivity contribution is 7.23. The van der Waals surface area contributed by atoms with E-state index < -0.39 is 35.0 Å². The molecule has 3 saturated heterocycles. The van der Waals surface area contributed by atoms with Crippen molar-refractivity contribution in [3.05, 3.63) is 40.5 Å². The molecular formula is C40H45F2N7O7S. The van der Waals surface area contributed by atoms with Gasteiger partial charge in [-0.25, -0.2) is 18.4 Å². The van der Waals surface area contributed by atoms with E-state index in [0.29, 0.717) is 53.3 Å². The zero-order valence-electron chi connectivity index (χ0n) is 33.0. The zero-order valence-corrected chi connectivity index (χ0v) is 33.8. The normalized spacial score (nSPS) is 20.9. The van der Waals surface area contributed by atoms with Crippen LogP contribution in [0.15, 0.2) is 12.1 Å². The van der Waals surface area contributed by atoms with Gasteiger partial charge in [0.05, 0.1) is 42.9 Å². The van der Waals surface area contributed by atoms with E-state index in [9.17, 15) is 14.9 Å². The third-order valence-corrected chi connectivity index (χ3v) is 11.4. The van der Waals surface area contributed by atoms with Crippen LogP contribution in [0.2, 0.25) is 0 Å². The lowest BCUT2D eigenvalue weighted by Gasteiger charge is -2.56. The molecule has 4 aliphatic rings. The van der Waals surface area contributed by atoms with Crippen LogP contribution in [0.25, 0.3) is 32.1 Å². The van der Waals surface area contributed by atoms with E-state index in [1.54, 1.807) is 25.7 Å². The Bertz CT molecular complexity index is 2320. The fourth-order valence-corrected chi connectivity index (χ4v) is 9.12. The first-order valence-corrected chi connectivity index (χ1v) is 19.8. The molecule has 0 aliphatic carbocycles. The largest absolute Gasteiger partial charge is 0.461 e. The number of nitriles is 1. The molecule has 6 heterocycles. The lowest BCUT2D eigenvalue weighted by atomic mass is 9.86. The van der Waals surface area contributed by atoms with Crippen molar-refractivity contribution in [1.82, 2.24) is 19.8 Å². The predicted octanol–water partition coefficient (Wildman–Crippen LogP) is 6.95. The summed E-state index contributed by atoms with van der Waals surface area (Å²) in [5.74, 6) is -1.16. The molecule has 8 rings (SSSR count). The van der Waals surface area contributed by atoms with Crippen molar-refractivity contribution in [2.75, 3.05) is 56.7 Å². The van der Waals surface area contributed by atoms with Gasteiger partial charge in [0.25, 0.3) is 0 Å².